The monoisotopic (exact) mass is 299 g/mol. The van der Waals surface area contributed by atoms with Crippen molar-refractivity contribution in [2.75, 3.05) is 5.73 Å². The van der Waals surface area contributed by atoms with Crippen molar-refractivity contribution >= 4 is 33.3 Å². The molecule has 2 rings (SSSR count). The number of benzene rings is 1. The van der Waals surface area contributed by atoms with E-state index in [9.17, 15) is 0 Å². The number of hydrogen-bond acceptors (Lipinski definition) is 2. The lowest BCUT2D eigenvalue weighted by atomic mass is 10.2. The van der Waals surface area contributed by atoms with E-state index in [1.54, 1.807) is 4.68 Å². The van der Waals surface area contributed by atoms with Crippen molar-refractivity contribution in [3.05, 3.63) is 45.0 Å². The molecule has 1 aromatic heterocycles. The first kappa shape index (κ1) is 11.5. The Morgan fingerprint density at radius 3 is 2.69 bits per heavy atom. The maximum Gasteiger partial charge on any atom is 0.136 e. The summed E-state index contributed by atoms with van der Waals surface area (Å²) >= 11 is 9.47. The smallest absolute Gasteiger partial charge is 0.136 e. The van der Waals surface area contributed by atoms with E-state index in [0.717, 1.165) is 20.8 Å². The summed E-state index contributed by atoms with van der Waals surface area (Å²) < 4.78 is 2.58. The number of halogens is 2. The van der Waals surface area contributed by atoms with E-state index in [0.29, 0.717) is 12.4 Å². The van der Waals surface area contributed by atoms with Crippen LogP contribution in [0.2, 0.25) is 5.02 Å². The number of anilines is 1. The van der Waals surface area contributed by atoms with E-state index in [-0.39, 0.29) is 0 Å². The molecule has 1 heterocycles. The van der Waals surface area contributed by atoms with Gasteiger partial charge in [-0.2, -0.15) is 5.10 Å². The van der Waals surface area contributed by atoms with Crippen molar-refractivity contribution < 1.29 is 0 Å². The molecule has 0 saturated heterocycles. The van der Waals surface area contributed by atoms with Gasteiger partial charge in [-0.3, -0.25) is 0 Å². The van der Waals surface area contributed by atoms with Crippen molar-refractivity contribution in [3.63, 3.8) is 0 Å². The Morgan fingerprint density at radius 2 is 2.12 bits per heavy atom. The van der Waals surface area contributed by atoms with Crippen LogP contribution < -0.4 is 5.73 Å². The van der Waals surface area contributed by atoms with Crippen LogP contribution in [0.4, 0.5) is 5.82 Å². The number of nitrogens with two attached hydrogens (primary N) is 1. The number of hydrogen-bond donors (Lipinski definition) is 1. The molecule has 2 N–H and O–H groups in total. The summed E-state index contributed by atoms with van der Waals surface area (Å²) in [4.78, 5) is 0. The first-order chi connectivity index (χ1) is 7.59. The first-order valence-corrected chi connectivity index (χ1v) is 5.98. The Labute approximate surface area is 107 Å². The van der Waals surface area contributed by atoms with E-state index in [4.69, 9.17) is 17.3 Å². The average molecular weight is 301 g/mol. The largest absolute Gasteiger partial charge is 0.383 e. The molecule has 16 heavy (non-hydrogen) atoms. The van der Waals surface area contributed by atoms with E-state index in [1.807, 2.05) is 31.2 Å². The molecule has 2 aromatic rings. The molecule has 0 radical (unpaired) electrons. The molecule has 0 aliphatic heterocycles. The third-order valence-electron chi connectivity index (χ3n) is 2.37. The van der Waals surface area contributed by atoms with Gasteiger partial charge in [-0.1, -0.05) is 29.8 Å². The zero-order valence-corrected chi connectivity index (χ0v) is 11.1. The highest BCUT2D eigenvalue weighted by Crippen LogP contribution is 2.25. The van der Waals surface area contributed by atoms with E-state index in [1.165, 1.54) is 0 Å². The molecule has 0 bridgehead atoms. The lowest BCUT2D eigenvalue weighted by molar-refractivity contribution is 0.689. The van der Waals surface area contributed by atoms with Gasteiger partial charge in [0.15, 0.2) is 0 Å². The van der Waals surface area contributed by atoms with Crippen molar-refractivity contribution in [1.29, 1.82) is 0 Å². The van der Waals surface area contributed by atoms with Crippen LogP contribution in [-0.4, -0.2) is 9.78 Å². The minimum atomic E-state index is 0.581. The van der Waals surface area contributed by atoms with E-state index in [2.05, 4.69) is 21.0 Å². The van der Waals surface area contributed by atoms with Crippen LogP contribution in [0.15, 0.2) is 28.7 Å². The molecular formula is C11H11BrClN3. The fraction of sp³-hybridized carbons (Fsp3) is 0.182. The van der Waals surface area contributed by atoms with Gasteiger partial charge in [0.05, 0.1) is 16.7 Å². The highest BCUT2D eigenvalue weighted by Gasteiger charge is 2.10. The summed E-state index contributed by atoms with van der Waals surface area (Å²) in [5.41, 5.74) is 7.80. The molecule has 0 unspecified atom stereocenters. The maximum atomic E-state index is 6.08. The number of aromatic nitrogens is 2. The molecule has 0 fully saturated rings. The standard InChI is InChI=1S/C11H11BrClN3/c1-7-10(12)11(14)16(15-7)6-8-4-2-3-5-9(8)13/h2-5H,6,14H2,1H3. The first-order valence-electron chi connectivity index (χ1n) is 4.81. The van der Waals surface area contributed by atoms with Crippen molar-refractivity contribution in [1.82, 2.24) is 9.78 Å². The summed E-state index contributed by atoms with van der Waals surface area (Å²) in [6, 6.07) is 7.67. The second-order valence-corrected chi connectivity index (χ2v) is 4.73. The second-order valence-electron chi connectivity index (χ2n) is 3.53. The van der Waals surface area contributed by atoms with E-state index >= 15 is 0 Å². The number of aryl methyl sites for hydroxylation is 1. The SMILES string of the molecule is Cc1nn(Cc2ccccc2Cl)c(N)c1Br. The molecule has 0 amide bonds. The highest BCUT2D eigenvalue weighted by molar-refractivity contribution is 9.10. The average Bonchev–Trinajstić information content (AvgIpc) is 2.50. The fourth-order valence-electron chi connectivity index (χ4n) is 1.49. The van der Waals surface area contributed by atoms with Crippen molar-refractivity contribution in [2.24, 2.45) is 0 Å². The minimum Gasteiger partial charge on any atom is -0.383 e. The van der Waals surface area contributed by atoms with Gasteiger partial charge in [0, 0.05) is 5.02 Å². The van der Waals surface area contributed by atoms with Crippen LogP contribution in [-0.2, 0) is 6.54 Å². The lowest BCUT2D eigenvalue weighted by Crippen LogP contribution is -2.06. The number of rotatable bonds is 2. The molecule has 5 heteroatoms. The lowest BCUT2D eigenvalue weighted by Gasteiger charge is -2.05. The maximum absolute atomic E-state index is 6.08. The molecule has 1 aromatic carbocycles. The zero-order valence-electron chi connectivity index (χ0n) is 8.74. The summed E-state index contributed by atoms with van der Waals surface area (Å²) in [6.07, 6.45) is 0. The Morgan fingerprint density at radius 1 is 1.44 bits per heavy atom. The van der Waals surface area contributed by atoms with Gasteiger partial charge in [0.1, 0.15) is 5.82 Å². The molecule has 84 valence electrons. The predicted octanol–water partition coefficient (Wildman–Crippen LogP) is 3.24. The summed E-state index contributed by atoms with van der Waals surface area (Å²) in [5, 5.41) is 5.06. The quantitative estimate of drug-likeness (QED) is 0.925. The van der Waals surface area contributed by atoms with Crippen molar-refractivity contribution in [2.45, 2.75) is 13.5 Å². The van der Waals surface area contributed by atoms with Gasteiger partial charge in [-0.15, -0.1) is 0 Å². The molecule has 0 spiro atoms. The van der Waals surface area contributed by atoms with Gasteiger partial charge >= 0.3 is 0 Å². The third kappa shape index (κ3) is 2.08. The van der Waals surface area contributed by atoms with Gasteiger partial charge in [0.2, 0.25) is 0 Å². The van der Waals surface area contributed by atoms with Gasteiger partial charge < -0.3 is 5.73 Å². The highest BCUT2D eigenvalue weighted by atomic mass is 79.9. The van der Waals surface area contributed by atoms with Crippen LogP contribution >= 0.6 is 27.5 Å². The molecule has 0 aliphatic carbocycles. The second kappa shape index (κ2) is 4.47. The van der Waals surface area contributed by atoms with Gasteiger partial charge in [-0.05, 0) is 34.5 Å². The molecule has 3 nitrogen and oxygen atoms in total. The van der Waals surface area contributed by atoms with Gasteiger partial charge in [-0.25, -0.2) is 4.68 Å². The molecular weight excluding hydrogens is 289 g/mol. The Kier molecular flexibility index (Phi) is 3.21. The zero-order chi connectivity index (χ0) is 11.7. The van der Waals surface area contributed by atoms with Crippen LogP contribution in [0.1, 0.15) is 11.3 Å². The van der Waals surface area contributed by atoms with E-state index < -0.39 is 0 Å². The topological polar surface area (TPSA) is 43.8 Å². The summed E-state index contributed by atoms with van der Waals surface area (Å²) in [6.45, 7) is 2.49. The van der Waals surface area contributed by atoms with Crippen molar-refractivity contribution in [3.8, 4) is 0 Å². The normalized spacial score (nSPS) is 10.7. The summed E-state index contributed by atoms with van der Waals surface area (Å²) in [5.74, 6) is 0.623. The Balaban J connectivity index is 2.34. The van der Waals surface area contributed by atoms with Crippen LogP contribution in [0, 0.1) is 6.92 Å². The molecule has 0 atom stereocenters. The van der Waals surface area contributed by atoms with Crippen LogP contribution in [0.25, 0.3) is 0 Å². The third-order valence-corrected chi connectivity index (χ3v) is 3.72. The van der Waals surface area contributed by atoms with Crippen LogP contribution in [0.5, 0.6) is 0 Å². The minimum absolute atomic E-state index is 0.581. The molecule has 0 saturated carbocycles. The number of nitrogen functional groups attached to an aromatic ring is 1. The molecule has 0 aliphatic rings. The predicted molar refractivity (Wildman–Crippen MR) is 69.6 cm³/mol. The summed E-state index contributed by atoms with van der Waals surface area (Å²) in [7, 11) is 0. The van der Waals surface area contributed by atoms with Gasteiger partial charge in [0.25, 0.3) is 0 Å². The Bertz CT molecular complexity index is 522. The fourth-order valence-corrected chi connectivity index (χ4v) is 1.97. The Hall–Kier alpha value is -1.00. The number of nitrogens with zero attached hydrogens (tertiary/aromatic N) is 2. The van der Waals surface area contributed by atoms with Crippen LogP contribution in [0.3, 0.4) is 0 Å².